The standard InChI is InChI=1S/C38H24N2O6/c1-3-25-7-5-9-31(23-25)39-35(41)27-15-19-33(20-16-27)45-37(43)29-11-13-30(14-12-29)38(44)46-34-21-17-28(18-22-34)36(42)40-32-10-6-8-26(4-2)24-32/h1-2,5-24H,(H,39,41)(H,40,42). The lowest BCUT2D eigenvalue weighted by Gasteiger charge is -2.09. The van der Waals surface area contributed by atoms with E-state index in [-0.39, 0.29) is 34.4 Å². The van der Waals surface area contributed by atoms with Crippen molar-refractivity contribution in [3.63, 3.8) is 0 Å². The van der Waals surface area contributed by atoms with E-state index >= 15 is 0 Å². The van der Waals surface area contributed by atoms with Crippen LogP contribution in [0.5, 0.6) is 11.5 Å². The quantitative estimate of drug-likeness (QED) is 0.117. The zero-order valence-corrected chi connectivity index (χ0v) is 24.2. The number of amides is 2. The van der Waals surface area contributed by atoms with Crippen molar-refractivity contribution in [2.75, 3.05) is 10.6 Å². The summed E-state index contributed by atoms with van der Waals surface area (Å²) in [5.74, 6) is 3.50. The lowest BCUT2D eigenvalue weighted by molar-refractivity contribution is 0.0720. The van der Waals surface area contributed by atoms with Gasteiger partial charge in [0.15, 0.2) is 0 Å². The second-order valence-electron chi connectivity index (χ2n) is 9.76. The molecule has 0 fully saturated rings. The van der Waals surface area contributed by atoms with Gasteiger partial charge in [0.2, 0.25) is 0 Å². The molecule has 0 aliphatic heterocycles. The molecule has 0 aliphatic carbocycles. The summed E-state index contributed by atoms with van der Waals surface area (Å²) in [5, 5.41) is 5.53. The average Bonchev–Trinajstić information content (AvgIpc) is 3.09. The van der Waals surface area contributed by atoms with Crippen LogP contribution in [-0.2, 0) is 0 Å². The number of hydrogen-bond acceptors (Lipinski definition) is 6. The van der Waals surface area contributed by atoms with Crippen LogP contribution in [0.25, 0.3) is 0 Å². The summed E-state index contributed by atoms with van der Waals surface area (Å²) < 4.78 is 10.8. The maximum atomic E-state index is 12.7. The Kier molecular flexibility index (Phi) is 9.33. The first kappa shape index (κ1) is 30.6. The van der Waals surface area contributed by atoms with Crippen molar-refractivity contribution in [3.05, 3.63) is 155 Å². The number of benzene rings is 5. The van der Waals surface area contributed by atoms with Gasteiger partial charge >= 0.3 is 11.9 Å². The Hall–Kier alpha value is -6.90. The van der Waals surface area contributed by atoms with E-state index in [0.717, 1.165) is 0 Å². The van der Waals surface area contributed by atoms with E-state index in [0.29, 0.717) is 33.6 Å². The Bertz CT molecular complexity index is 1870. The Morgan fingerprint density at radius 2 is 0.826 bits per heavy atom. The van der Waals surface area contributed by atoms with Crippen molar-refractivity contribution in [1.29, 1.82) is 0 Å². The molecule has 0 saturated carbocycles. The van der Waals surface area contributed by atoms with Crippen LogP contribution in [0.3, 0.4) is 0 Å². The Morgan fingerprint density at radius 1 is 0.478 bits per heavy atom. The molecule has 8 nitrogen and oxygen atoms in total. The van der Waals surface area contributed by atoms with Crippen LogP contribution in [0.2, 0.25) is 0 Å². The molecule has 2 amide bonds. The molecule has 2 N–H and O–H groups in total. The van der Waals surface area contributed by atoms with Gasteiger partial charge < -0.3 is 20.1 Å². The predicted octanol–water partition coefficient (Wildman–Crippen LogP) is 6.59. The van der Waals surface area contributed by atoms with Gasteiger partial charge in [-0.1, -0.05) is 24.0 Å². The van der Waals surface area contributed by atoms with E-state index in [4.69, 9.17) is 22.3 Å². The molecule has 8 heteroatoms. The van der Waals surface area contributed by atoms with E-state index in [1.165, 1.54) is 72.8 Å². The molecule has 0 bridgehead atoms. The second kappa shape index (κ2) is 14.0. The fraction of sp³-hybridized carbons (Fsp3) is 0. The Morgan fingerprint density at radius 3 is 1.17 bits per heavy atom. The molecule has 46 heavy (non-hydrogen) atoms. The van der Waals surface area contributed by atoms with Gasteiger partial charge in [0.05, 0.1) is 11.1 Å². The summed E-state index contributed by atoms with van der Waals surface area (Å²) in [6, 6.07) is 31.7. The number of nitrogens with one attached hydrogen (secondary N) is 2. The van der Waals surface area contributed by atoms with Crippen molar-refractivity contribution in [2.45, 2.75) is 0 Å². The largest absolute Gasteiger partial charge is 0.423 e. The van der Waals surface area contributed by atoms with Crippen LogP contribution in [0, 0.1) is 24.7 Å². The van der Waals surface area contributed by atoms with Crippen LogP contribution in [0.15, 0.2) is 121 Å². The summed E-state index contributed by atoms with van der Waals surface area (Å²) in [6.45, 7) is 0. The highest BCUT2D eigenvalue weighted by Crippen LogP contribution is 2.19. The first-order chi connectivity index (χ1) is 22.3. The van der Waals surface area contributed by atoms with Gasteiger partial charge in [-0.15, -0.1) is 12.8 Å². The van der Waals surface area contributed by atoms with Gasteiger partial charge in [0, 0.05) is 33.6 Å². The van der Waals surface area contributed by atoms with Crippen LogP contribution in [-0.4, -0.2) is 23.8 Å². The topological polar surface area (TPSA) is 111 Å². The minimum atomic E-state index is -0.650. The summed E-state index contributed by atoms with van der Waals surface area (Å²) in [6.07, 6.45) is 10.8. The van der Waals surface area contributed by atoms with Crippen molar-refractivity contribution in [3.8, 4) is 36.2 Å². The number of carbonyl (C=O) groups excluding carboxylic acids is 4. The van der Waals surface area contributed by atoms with Crippen molar-refractivity contribution in [2.24, 2.45) is 0 Å². The SMILES string of the molecule is C#Cc1cccc(NC(=O)c2ccc(OC(=O)c3ccc(C(=O)Oc4ccc(C(=O)Nc5cccc(C#C)c5)cc4)cc3)cc2)c1. The highest BCUT2D eigenvalue weighted by molar-refractivity contribution is 6.05. The minimum absolute atomic E-state index is 0.204. The first-order valence-electron chi connectivity index (χ1n) is 13.8. The molecule has 0 spiro atoms. The molecule has 0 unspecified atom stereocenters. The third-order valence-electron chi connectivity index (χ3n) is 6.58. The maximum absolute atomic E-state index is 12.7. The number of esters is 2. The van der Waals surface area contributed by atoms with E-state index in [2.05, 4.69) is 22.5 Å². The highest BCUT2D eigenvalue weighted by atomic mass is 16.5. The normalized spacial score (nSPS) is 10.0. The van der Waals surface area contributed by atoms with Crippen molar-refractivity contribution < 1.29 is 28.7 Å². The van der Waals surface area contributed by atoms with Crippen LogP contribution >= 0.6 is 0 Å². The van der Waals surface area contributed by atoms with Crippen LogP contribution in [0.1, 0.15) is 52.6 Å². The zero-order chi connectivity index (χ0) is 32.5. The molecule has 0 aromatic heterocycles. The van der Waals surface area contributed by atoms with Gasteiger partial charge in [-0.3, -0.25) is 9.59 Å². The molecule has 5 aromatic rings. The van der Waals surface area contributed by atoms with E-state index in [1.807, 2.05) is 0 Å². The summed E-state index contributed by atoms with van der Waals surface area (Å²) in [7, 11) is 0. The third kappa shape index (κ3) is 7.73. The van der Waals surface area contributed by atoms with Gasteiger partial charge in [-0.25, -0.2) is 9.59 Å². The number of anilines is 2. The number of rotatable bonds is 8. The van der Waals surface area contributed by atoms with Gasteiger partial charge in [-0.05, 0) is 109 Å². The lowest BCUT2D eigenvalue weighted by Crippen LogP contribution is -2.13. The van der Waals surface area contributed by atoms with Gasteiger partial charge in [-0.2, -0.15) is 0 Å². The fourth-order valence-electron chi connectivity index (χ4n) is 4.20. The number of carbonyl (C=O) groups is 4. The molecule has 0 radical (unpaired) electrons. The van der Waals surface area contributed by atoms with Crippen molar-refractivity contribution in [1.82, 2.24) is 0 Å². The van der Waals surface area contributed by atoms with Gasteiger partial charge in [0.25, 0.3) is 11.8 Å². The molecule has 5 aromatic carbocycles. The Balaban J connectivity index is 1.13. The molecule has 0 heterocycles. The van der Waals surface area contributed by atoms with E-state index in [1.54, 1.807) is 48.5 Å². The molecular weight excluding hydrogens is 580 g/mol. The predicted molar refractivity (Wildman–Crippen MR) is 174 cm³/mol. The highest BCUT2D eigenvalue weighted by Gasteiger charge is 2.14. The molecule has 0 aliphatic rings. The maximum Gasteiger partial charge on any atom is 0.343 e. The van der Waals surface area contributed by atoms with E-state index in [9.17, 15) is 19.2 Å². The van der Waals surface area contributed by atoms with Gasteiger partial charge in [0.1, 0.15) is 11.5 Å². The average molecular weight is 605 g/mol. The number of terminal acetylenes is 2. The minimum Gasteiger partial charge on any atom is -0.423 e. The van der Waals surface area contributed by atoms with E-state index < -0.39 is 11.9 Å². The molecular formula is C38H24N2O6. The molecule has 222 valence electrons. The fourth-order valence-corrected chi connectivity index (χ4v) is 4.20. The van der Waals surface area contributed by atoms with Crippen molar-refractivity contribution >= 4 is 35.1 Å². The smallest absolute Gasteiger partial charge is 0.343 e. The summed E-state index contributed by atoms with van der Waals surface area (Å²) in [4.78, 5) is 50.5. The number of hydrogen-bond donors (Lipinski definition) is 2. The molecule has 0 atom stereocenters. The zero-order valence-electron chi connectivity index (χ0n) is 24.2. The Labute approximate surface area is 265 Å². The lowest BCUT2D eigenvalue weighted by atomic mass is 10.1. The van der Waals surface area contributed by atoms with Crippen LogP contribution in [0.4, 0.5) is 11.4 Å². The molecule has 0 saturated heterocycles. The molecule has 5 rings (SSSR count). The van der Waals surface area contributed by atoms with Crippen LogP contribution < -0.4 is 20.1 Å². The second-order valence-corrected chi connectivity index (χ2v) is 9.76. The summed E-state index contributed by atoms with van der Waals surface area (Å²) >= 11 is 0. The first-order valence-corrected chi connectivity index (χ1v) is 13.8. The third-order valence-corrected chi connectivity index (χ3v) is 6.58. The summed E-state index contributed by atoms with van der Waals surface area (Å²) in [5.41, 5.74) is 3.53. The monoisotopic (exact) mass is 604 g/mol. The number of ether oxygens (including phenoxy) is 2.